The largest absolute Gasteiger partial charge is 0.466 e. The number of hydrogen-bond acceptors (Lipinski definition) is 5. The Bertz CT molecular complexity index is 411. The third-order valence-electron chi connectivity index (χ3n) is 5.91. The van der Waals surface area contributed by atoms with Gasteiger partial charge in [0.25, 0.3) is 0 Å². The molecule has 0 aliphatic rings. The minimum atomic E-state index is -0.106. The van der Waals surface area contributed by atoms with Crippen molar-refractivity contribution in [1.82, 2.24) is 0 Å². The summed E-state index contributed by atoms with van der Waals surface area (Å²) in [5.74, 6) is 0.758. The summed E-state index contributed by atoms with van der Waals surface area (Å²) < 4.78 is 21.6. The lowest BCUT2D eigenvalue weighted by molar-refractivity contribution is -0.144. The van der Waals surface area contributed by atoms with E-state index in [-0.39, 0.29) is 12.1 Å². The van der Waals surface area contributed by atoms with Crippen LogP contribution in [0.1, 0.15) is 130 Å². The van der Waals surface area contributed by atoms with Gasteiger partial charge < -0.3 is 18.9 Å². The third-order valence-corrected chi connectivity index (χ3v) is 5.91. The van der Waals surface area contributed by atoms with E-state index in [0.717, 1.165) is 18.8 Å². The Morgan fingerprint density at radius 2 is 1.00 bits per heavy atom. The molecule has 0 aliphatic heterocycles. The zero-order valence-corrected chi connectivity index (χ0v) is 23.3. The lowest BCUT2D eigenvalue weighted by Crippen LogP contribution is -2.13. The Morgan fingerprint density at radius 3 is 1.53 bits per heavy atom. The van der Waals surface area contributed by atoms with Crippen molar-refractivity contribution >= 4 is 5.97 Å². The molecule has 0 N–H and O–H groups in total. The van der Waals surface area contributed by atoms with Crippen LogP contribution in [0.3, 0.4) is 0 Å². The fourth-order valence-electron chi connectivity index (χ4n) is 3.84. The normalized spacial score (nSPS) is 11.6. The molecule has 0 heterocycles. The van der Waals surface area contributed by atoms with E-state index in [1.54, 1.807) is 0 Å². The molecule has 0 saturated heterocycles. The van der Waals surface area contributed by atoms with Gasteiger partial charge in [0.2, 0.25) is 0 Å². The van der Waals surface area contributed by atoms with Crippen LogP contribution in [0, 0.1) is 5.92 Å². The molecule has 0 radical (unpaired) electrons. The standard InChI is InChI=1S/C29H58O5/c1-27(2)19-16-14-12-10-8-6-5-7-9-11-13-15-17-22-34-29(30)20-18-21-31-23-24-32-25-26-33-28(3)4/h27-28H,5-26H2,1-4H3. The molecule has 5 nitrogen and oxygen atoms in total. The number of unbranched alkanes of at least 4 members (excludes halogenated alkanes) is 12. The molecule has 0 rings (SSSR count). The Morgan fingerprint density at radius 1 is 0.529 bits per heavy atom. The molecule has 34 heavy (non-hydrogen) atoms. The van der Waals surface area contributed by atoms with Crippen LogP contribution < -0.4 is 0 Å². The van der Waals surface area contributed by atoms with E-state index in [2.05, 4.69) is 13.8 Å². The maximum atomic E-state index is 11.7. The smallest absolute Gasteiger partial charge is 0.305 e. The second-order valence-corrected chi connectivity index (χ2v) is 10.2. The molecule has 0 aromatic rings. The molecule has 0 aliphatic carbocycles. The first-order valence-corrected chi connectivity index (χ1v) is 14.4. The van der Waals surface area contributed by atoms with Gasteiger partial charge in [-0.05, 0) is 32.6 Å². The van der Waals surface area contributed by atoms with Crippen LogP contribution >= 0.6 is 0 Å². The Kier molecular flexibility index (Phi) is 26.4. The molecule has 0 unspecified atom stereocenters. The molecule has 5 heteroatoms. The Hall–Kier alpha value is -0.650. The van der Waals surface area contributed by atoms with Crippen LogP contribution in [0.5, 0.6) is 0 Å². The van der Waals surface area contributed by atoms with Crippen LogP contribution in [0.4, 0.5) is 0 Å². The van der Waals surface area contributed by atoms with Gasteiger partial charge in [0, 0.05) is 13.0 Å². The highest BCUT2D eigenvalue weighted by atomic mass is 16.5. The first kappa shape index (κ1) is 33.4. The second-order valence-electron chi connectivity index (χ2n) is 10.2. The SMILES string of the molecule is CC(C)CCCCCCCCCCCCCCCOC(=O)CCCOCCOCCOC(C)C. The highest BCUT2D eigenvalue weighted by Gasteiger charge is 2.03. The number of esters is 1. The Labute approximate surface area is 212 Å². The lowest BCUT2D eigenvalue weighted by atomic mass is 10.0. The van der Waals surface area contributed by atoms with Crippen molar-refractivity contribution < 1.29 is 23.7 Å². The van der Waals surface area contributed by atoms with Crippen LogP contribution in [0.15, 0.2) is 0 Å². The lowest BCUT2D eigenvalue weighted by Gasteiger charge is -2.08. The summed E-state index contributed by atoms with van der Waals surface area (Å²) in [5.41, 5.74) is 0. The van der Waals surface area contributed by atoms with Crippen LogP contribution in [-0.4, -0.2) is 51.7 Å². The average Bonchev–Trinajstić information content (AvgIpc) is 2.79. The zero-order valence-electron chi connectivity index (χ0n) is 23.3. The third kappa shape index (κ3) is 29.4. The summed E-state index contributed by atoms with van der Waals surface area (Å²) in [6.45, 7) is 12.1. The van der Waals surface area contributed by atoms with Crippen LogP contribution in [0.25, 0.3) is 0 Å². The van der Waals surface area contributed by atoms with Gasteiger partial charge in [-0.3, -0.25) is 4.79 Å². The number of rotatable bonds is 27. The number of hydrogen-bond donors (Lipinski definition) is 0. The topological polar surface area (TPSA) is 54.0 Å². The molecule has 0 aromatic heterocycles. The van der Waals surface area contributed by atoms with Gasteiger partial charge in [-0.2, -0.15) is 0 Å². The quantitative estimate of drug-likeness (QED) is 0.0872. The monoisotopic (exact) mass is 486 g/mol. The zero-order chi connectivity index (χ0) is 25.1. The summed E-state index contributed by atoms with van der Waals surface area (Å²) in [7, 11) is 0. The van der Waals surface area contributed by atoms with Gasteiger partial charge in [-0.25, -0.2) is 0 Å². The maximum absolute atomic E-state index is 11.7. The number of carbonyl (C=O) groups excluding carboxylic acids is 1. The summed E-state index contributed by atoms with van der Waals surface area (Å²) in [6.07, 6.45) is 20.1. The summed E-state index contributed by atoms with van der Waals surface area (Å²) in [4.78, 5) is 11.7. The summed E-state index contributed by atoms with van der Waals surface area (Å²) in [6, 6.07) is 0. The van der Waals surface area contributed by atoms with E-state index >= 15 is 0 Å². The van der Waals surface area contributed by atoms with E-state index in [4.69, 9.17) is 18.9 Å². The van der Waals surface area contributed by atoms with E-state index in [0.29, 0.717) is 52.5 Å². The molecule has 0 atom stereocenters. The van der Waals surface area contributed by atoms with Crippen molar-refractivity contribution in [3.05, 3.63) is 0 Å². The van der Waals surface area contributed by atoms with E-state index < -0.39 is 0 Å². The Balaban J connectivity index is 3.16. The minimum absolute atomic E-state index is 0.106. The molecule has 0 spiro atoms. The molecule has 0 saturated carbocycles. The van der Waals surface area contributed by atoms with Crippen LogP contribution in [-0.2, 0) is 23.7 Å². The summed E-state index contributed by atoms with van der Waals surface area (Å²) in [5, 5.41) is 0. The minimum Gasteiger partial charge on any atom is -0.466 e. The molecule has 204 valence electrons. The molecular formula is C29H58O5. The summed E-state index contributed by atoms with van der Waals surface area (Å²) >= 11 is 0. The van der Waals surface area contributed by atoms with Crippen LogP contribution in [0.2, 0.25) is 0 Å². The molecule has 0 aromatic carbocycles. The molecule has 0 amide bonds. The van der Waals surface area contributed by atoms with E-state index in [9.17, 15) is 4.79 Å². The van der Waals surface area contributed by atoms with Crippen molar-refractivity contribution in [2.45, 2.75) is 137 Å². The van der Waals surface area contributed by atoms with Gasteiger partial charge in [-0.15, -0.1) is 0 Å². The predicted molar refractivity (Wildman–Crippen MR) is 142 cm³/mol. The van der Waals surface area contributed by atoms with Crippen molar-refractivity contribution in [2.75, 3.05) is 39.6 Å². The first-order valence-electron chi connectivity index (χ1n) is 14.4. The van der Waals surface area contributed by atoms with E-state index in [1.807, 2.05) is 13.8 Å². The number of carbonyl (C=O) groups is 1. The van der Waals surface area contributed by atoms with Crippen molar-refractivity contribution in [2.24, 2.45) is 5.92 Å². The van der Waals surface area contributed by atoms with Crippen molar-refractivity contribution in [3.63, 3.8) is 0 Å². The highest BCUT2D eigenvalue weighted by molar-refractivity contribution is 5.69. The van der Waals surface area contributed by atoms with Gasteiger partial charge in [0.1, 0.15) is 0 Å². The predicted octanol–water partition coefficient (Wildman–Crippen LogP) is 7.89. The van der Waals surface area contributed by atoms with Gasteiger partial charge >= 0.3 is 5.97 Å². The molecule has 0 bridgehead atoms. The molecule has 0 fully saturated rings. The highest BCUT2D eigenvalue weighted by Crippen LogP contribution is 2.14. The fraction of sp³-hybridized carbons (Fsp3) is 0.966. The van der Waals surface area contributed by atoms with Crippen molar-refractivity contribution in [3.8, 4) is 0 Å². The van der Waals surface area contributed by atoms with Gasteiger partial charge in [0.15, 0.2) is 0 Å². The number of ether oxygens (including phenoxy) is 4. The maximum Gasteiger partial charge on any atom is 0.305 e. The fourth-order valence-corrected chi connectivity index (χ4v) is 3.84. The second kappa shape index (κ2) is 26.9. The first-order chi connectivity index (χ1) is 16.5. The average molecular weight is 487 g/mol. The van der Waals surface area contributed by atoms with Gasteiger partial charge in [0.05, 0.1) is 39.1 Å². The van der Waals surface area contributed by atoms with Gasteiger partial charge in [-0.1, -0.05) is 97.3 Å². The van der Waals surface area contributed by atoms with E-state index in [1.165, 1.54) is 77.0 Å². The molecular weight excluding hydrogens is 428 g/mol. The van der Waals surface area contributed by atoms with Crippen molar-refractivity contribution in [1.29, 1.82) is 0 Å².